The highest BCUT2D eigenvalue weighted by Gasteiger charge is 2.13. The zero-order chi connectivity index (χ0) is 16.7. The molecule has 0 amide bonds. The number of fused-ring (bicyclic) bond motifs is 2. The molecule has 4 rings (SSSR count). The summed E-state index contributed by atoms with van der Waals surface area (Å²) in [5.74, 6) is 0. The van der Waals surface area contributed by atoms with Gasteiger partial charge in [0.05, 0.1) is 21.0 Å². The molecule has 0 aliphatic rings. The van der Waals surface area contributed by atoms with Crippen LogP contribution in [0.15, 0.2) is 66.7 Å². The number of non-ortho nitro benzene ring substituents is 1. The quantitative estimate of drug-likeness (QED) is 0.272. The summed E-state index contributed by atoms with van der Waals surface area (Å²) in [5, 5.41) is 13.2. The molecule has 1 aromatic heterocycles. The molecule has 0 aliphatic carbocycles. The number of para-hydroxylation sites is 1. The summed E-state index contributed by atoms with van der Waals surface area (Å²) in [6.45, 7) is 0. The number of nitro benzene ring substituents is 1. The number of benzene rings is 3. The van der Waals surface area contributed by atoms with Crippen LogP contribution >= 0.6 is 11.6 Å². The smallest absolute Gasteiger partial charge is 0.258 e. The number of nitro groups is 1. The maximum atomic E-state index is 10.8. The van der Waals surface area contributed by atoms with Gasteiger partial charge in [-0.2, -0.15) is 0 Å². The van der Waals surface area contributed by atoms with Gasteiger partial charge in [-0.3, -0.25) is 10.1 Å². The van der Waals surface area contributed by atoms with Gasteiger partial charge in [0, 0.05) is 22.9 Å². The van der Waals surface area contributed by atoms with Crippen molar-refractivity contribution in [3.63, 3.8) is 0 Å². The van der Waals surface area contributed by atoms with Crippen molar-refractivity contribution in [2.75, 3.05) is 0 Å². The number of halogens is 1. The lowest BCUT2D eigenvalue weighted by atomic mass is 9.99. The Kier molecular flexibility index (Phi) is 3.40. The molecule has 0 bridgehead atoms. The molecule has 5 heteroatoms. The van der Waals surface area contributed by atoms with E-state index < -0.39 is 4.92 Å². The number of pyridine rings is 1. The van der Waals surface area contributed by atoms with Gasteiger partial charge in [0.2, 0.25) is 0 Å². The Balaban J connectivity index is 2.02. The van der Waals surface area contributed by atoms with E-state index in [1.54, 1.807) is 12.1 Å². The fraction of sp³-hybridized carbons (Fsp3) is 0. The summed E-state index contributed by atoms with van der Waals surface area (Å²) in [6.07, 6.45) is 0. The first-order chi connectivity index (χ1) is 11.6. The highest BCUT2D eigenvalue weighted by molar-refractivity contribution is 6.41. The third-order valence-corrected chi connectivity index (χ3v) is 4.43. The van der Waals surface area contributed by atoms with E-state index >= 15 is 0 Å². The minimum Gasteiger partial charge on any atom is -0.258 e. The summed E-state index contributed by atoms with van der Waals surface area (Å²) in [5.41, 5.74) is 3.48. The lowest BCUT2D eigenvalue weighted by Gasteiger charge is -2.10. The average Bonchev–Trinajstić information content (AvgIpc) is 2.61. The van der Waals surface area contributed by atoms with E-state index in [1.807, 2.05) is 42.5 Å². The van der Waals surface area contributed by atoms with Crippen molar-refractivity contribution in [1.82, 2.24) is 4.98 Å². The molecular weight excluding hydrogens is 324 g/mol. The van der Waals surface area contributed by atoms with Crippen LogP contribution < -0.4 is 0 Å². The first kappa shape index (κ1) is 14.6. The van der Waals surface area contributed by atoms with Gasteiger partial charge in [-0.15, -0.1) is 0 Å². The molecule has 1 heterocycles. The van der Waals surface area contributed by atoms with Gasteiger partial charge in [0.1, 0.15) is 0 Å². The third kappa shape index (κ3) is 2.28. The van der Waals surface area contributed by atoms with Gasteiger partial charge in [0.25, 0.3) is 5.69 Å². The summed E-state index contributed by atoms with van der Waals surface area (Å²) in [7, 11) is 0. The molecule has 0 saturated heterocycles. The second kappa shape index (κ2) is 5.58. The normalized spacial score (nSPS) is 11.0. The molecular formula is C19H11ClN2O2. The van der Waals surface area contributed by atoms with Crippen LogP contribution in [0.4, 0.5) is 5.69 Å². The van der Waals surface area contributed by atoms with Crippen LogP contribution in [0.5, 0.6) is 0 Å². The molecule has 0 aliphatic heterocycles. The van der Waals surface area contributed by atoms with Crippen molar-refractivity contribution in [1.29, 1.82) is 0 Å². The van der Waals surface area contributed by atoms with E-state index in [4.69, 9.17) is 11.6 Å². The zero-order valence-corrected chi connectivity index (χ0v) is 13.2. The predicted molar refractivity (Wildman–Crippen MR) is 96.3 cm³/mol. The molecule has 116 valence electrons. The van der Waals surface area contributed by atoms with Crippen LogP contribution in [0.25, 0.3) is 32.9 Å². The van der Waals surface area contributed by atoms with Gasteiger partial charge < -0.3 is 0 Å². The zero-order valence-electron chi connectivity index (χ0n) is 12.4. The fourth-order valence-corrected chi connectivity index (χ4v) is 3.25. The number of nitrogens with zero attached hydrogens (tertiary/aromatic N) is 2. The lowest BCUT2D eigenvalue weighted by Crippen LogP contribution is -1.90. The molecule has 4 aromatic rings. The Morgan fingerprint density at radius 2 is 1.58 bits per heavy atom. The van der Waals surface area contributed by atoms with Crippen molar-refractivity contribution in [3.8, 4) is 11.1 Å². The van der Waals surface area contributed by atoms with Crippen LogP contribution in [0.3, 0.4) is 0 Å². The molecule has 0 atom stereocenters. The van der Waals surface area contributed by atoms with E-state index in [-0.39, 0.29) is 5.69 Å². The summed E-state index contributed by atoms with van der Waals surface area (Å²) in [6, 6.07) is 20.0. The van der Waals surface area contributed by atoms with Gasteiger partial charge in [-0.1, -0.05) is 41.9 Å². The Morgan fingerprint density at radius 3 is 2.33 bits per heavy atom. The van der Waals surface area contributed by atoms with Crippen LogP contribution in [0.1, 0.15) is 0 Å². The molecule has 0 saturated carbocycles. The average molecular weight is 335 g/mol. The van der Waals surface area contributed by atoms with Gasteiger partial charge in [-0.25, -0.2) is 4.98 Å². The highest BCUT2D eigenvalue weighted by Crippen LogP contribution is 2.37. The molecule has 0 radical (unpaired) electrons. The lowest BCUT2D eigenvalue weighted by molar-refractivity contribution is -0.384. The molecule has 4 nitrogen and oxygen atoms in total. The molecule has 0 N–H and O–H groups in total. The van der Waals surface area contributed by atoms with Crippen molar-refractivity contribution in [2.45, 2.75) is 0 Å². The van der Waals surface area contributed by atoms with Crippen molar-refractivity contribution in [3.05, 3.63) is 81.9 Å². The molecule has 3 aromatic carbocycles. The van der Waals surface area contributed by atoms with Crippen LogP contribution in [0.2, 0.25) is 5.02 Å². The standard InChI is InChI=1S/C19H11ClN2O2/c20-19-15-4-1-2-6-16(15)21-17-7-3-5-14(18(17)19)12-8-10-13(11-9-12)22(23)24/h1-11H. The minimum absolute atomic E-state index is 0.0636. The van der Waals surface area contributed by atoms with Crippen LogP contribution in [-0.4, -0.2) is 9.91 Å². The Morgan fingerprint density at radius 1 is 0.875 bits per heavy atom. The topological polar surface area (TPSA) is 56.0 Å². The van der Waals surface area contributed by atoms with Crippen LogP contribution in [0, 0.1) is 10.1 Å². The number of hydrogen-bond acceptors (Lipinski definition) is 3. The fourth-order valence-electron chi connectivity index (χ4n) is 2.89. The molecule has 0 fully saturated rings. The summed E-state index contributed by atoms with van der Waals surface area (Å²) >= 11 is 6.66. The van der Waals surface area contributed by atoms with E-state index in [9.17, 15) is 10.1 Å². The van der Waals surface area contributed by atoms with Crippen LogP contribution in [-0.2, 0) is 0 Å². The van der Waals surface area contributed by atoms with Crippen molar-refractivity contribution < 1.29 is 4.92 Å². The van der Waals surface area contributed by atoms with E-state index in [1.165, 1.54) is 12.1 Å². The Hall–Kier alpha value is -2.98. The Labute approximate surface area is 142 Å². The maximum Gasteiger partial charge on any atom is 0.269 e. The summed E-state index contributed by atoms with van der Waals surface area (Å²) in [4.78, 5) is 15.1. The van der Waals surface area contributed by atoms with Gasteiger partial charge in [-0.05, 0) is 35.4 Å². The summed E-state index contributed by atoms with van der Waals surface area (Å²) < 4.78 is 0. The highest BCUT2D eigenvalue weighted by atomic mass is 35.5. The molecule has 0 unspecified atom stereocenters. The Bertz CT molecular complexity index is 1090. The minimum atomic E-state index is -0.408. The molecule has 0 spiro atoms. The van der Waals surface area contributed by atoms with E-state index in [0.717, 1.165) is 32.9 Å². The first-order valence-electron chi connectivity index (χ1n) is 7.37. The molecule has 24 heavy (non-hydrogen) atoms. The van der Waals surface area contributed by atoms with Gasteiger partial charge in [0.15, 0.2) is 0 Å². The number of aromatic nitrogens is 1. The van der Waals surface area contributed by atoms with Gasteiger partial charge >= 0.3 is 0 Å². The first-order valence-corrected chi connectivity index (χ1v) is 7.75. The van der Waals surface area contributed by atoms with Crippen molar-refractivity contribution >= 4 is 39.1 Å². The van der Waals surface area contributed by atoms with E-state index in [0.29, 0.717) is 5.02 Å². The van der Waals surface area contributed by atoms with E-state index in [2.05, 4.69) is 4.98 Å². The largest absolute Gasteiger partial charge is 0.269 e. The maximum absolute atomic E-state index is 10.8. The number of hydrogen-bond donors (Lipinski definition) is 0. The number of rotatable bonds is 2. The monoisotopic (exact) mass is 334 g/mol. The third-order valence-electron chi connectivity index (χ3n) is 4.03. The SMILES string of the molecule is O=[N+]([O-])c1ccc(-c2cccc3nc4ccccc4c(Cl)c23)cc1. The second-order valence-corrected chi connectivity index (χ2v) is 5.82. The van der Waals surface area contributed by atoms with Crippen molar-refractivity contribution in [2.24, 2.45) is 0 Å². The second-order valence-electron chi connectivity index (χ2n) is 5.45. The predicted octanol–water partition coefficient (Wildman–Crippen LogP) is 5.62.